The summed E-state index contributed by atoms with van der Waals surface area (Å²) in [4.78, 5) is 13.3. The highest BCUT2D eigenvalue weighted by Gasteiger charge is 2.33. The molecule has 10 heteroatoms. The minimum Gasteiger partial charge on any atom is -0.496 e. The standard InChI is InChI=1S/C22H23F3N4O2S/c1-29-18(7-8-27-29)15-11-20(32)16(10-19(15)31-2)21(30)28-14(12-26)9-13-5-3-4-6-17(13)22(23,24)25/h3-8,10,14H,9,11-12,26H2,1-2H3,(H,28,30)/t14-/m0/s1. The number of methoxy groups -OCH3 is 1. The van der Waals surface area contributed by atoms with E-state index in [0.717, 1.165) is 17.3 Å². The Morgan fingerprint density at radius 2 is 2.06 bits per heavy atom. The summed E-state index contributed by atoms with van der Waals surface area (Å²) in [6.07, 6.45) is -1.07. The van der Waals surface area contributed by atoms with Gasteiger partial charge in [0.05, 0.1) is 23.9 Å². The summed E-state index contributed by atoms with van der Waals surface area (Å²) in [5.74, 6) is -0.0346. The van der Waals surface area contributed by atoms with Crippen LogP contribution in [0.25, 0.3) is 5.57 Å². The molecule has 170 valence electrons. The van der Waals surface area contributed by atoms with Gasteiger partial charge in [-0.15, -0.1) is 0 Å². The number of hydrogen-bond acceptors (Lipinski definition) is 5. The van der Waals surface area contributed by atoms with E-state index < -0.39 is 23.7 Å². The SMILES string of the molecule is COC1=C(c2ccnn2C)CC(=S)C(C(=O)N[C@H](CN)Cc2ccccc2C(F)(F)F)=C1. The summed E-state index contributed by atoms with van der Waals surface area (Å²) < 4.78 is 47.0. The molecule has 1 aliphatic rings. The number of hydrogen-bond donors (Lipinski definition) is 2. The summed E-state index contributed by atoms with van der Waals surface area (Å²) in [5, 5.41) is 6.86. The number of ether oxygens (including phenoxy) is 1. The van der Waals surface area contributed by atoms with Gasteiger partial charge in [-0.1, -0.05) is 30.4 Å². The zero-order valence-corrected chi connectivity index (χ0v) is 18.4. The quantitative estimate of drug-likeness (QED) is 0.615. The van der Waals surface area contributed by atoms with Crippen molar-refractivity contribution in [3.63, 3.8) is 0 Å². The van der Waals surface area contributed by atoms with Crippen molar-refractivity contribution in [3.05, 3.63) is 70.8 Å². The van der Waals surface area contributed by atoms with E-state index >= 15 is 0 Å². The maximum atomic E-state index is 13.3. The predicted octanol–water partition coefficient (Wildman–Crippen LogP) is 3.18. The number of aromatic nitrogens is 2. The van der Waals surface area contributed by atoms with Gasteiger partial charge in [0, 0.05) is 42.7 Å². The third-order valence-corrected chi connectivity index (χ3v) is 5.58. The van der Waals surface area contributed by atoms with Crippen molar-refractivity contribution in [2.45, 2.75) is 25.1 Å². The van der Waals surface area contributed by atoms with Crippen molar-refractivity contribution in [2.75, 3.05) is 13.7 Å². The van der Waals surface area contributed by atoms with E-state index in [2.05, 4.69) is 10.4 Å². The minimum atomic E-state index is -4.49. The first-order valence-electron chi connectivity index (χ1n) is 9.82. The Morgan fingerprint density at radius 3 is 2.66 bits per heavy atom. The number of alkyl halides is 3. The Kier molecular flexibility index (Phi) is 7.15. The van der Waals surface area contributed by atoms with Gasteiger partial charge < -0.3 is 15.8 Å². The lowest BCUT2D eigenvalue weighted by atomic mass is 9.93. The number of nitrogens with one attached hydrogen (secondary N) is 1. The Labute approximate surface area is 188 Å². The minimum absolute atomic E-state index is 0.0365. The summed E-state index contributed by atoms with van der Waals surface area (Å²) >= 11 is 5.46. The van der Waals surface area contributed by atoms with E-state index in [1.54, 1.807) is 24.0 Å². The first-order chi connectivity index (χ1) is 15.2. The van der Waals surface area contributed by atoms with Crippen LogP contribution in [0.3, 0.4) is 0 Å². The van der Waals surface area contributed by atoms with Crippen LogP contribution in [-0.4, -0.2) is 40.2 Å². The van der Waals surface area contributed by atoms with Crippen molar-refractivity contribution in [1.82, 2.24) is 15.1 Å². The van der Waals surface area contributed by atoms with Gasteiger partial charge in [-0.05, 0) is 30.2 Å². The van der Waals surface area contributed by atoms with Crippen LogP contribution in [0.5, 0.6) is 0 Å². The molecular formula is C22H23F3N4O2S. The number of thiocarbonyl (C=S) groups is 1. The van der Waals surface area contributed by atoms with Crippen molar-refractivity contribution in [1.29, 1.82) is 0 Å². The number of allylic oxidation sites excluding steroid dienone is 2. The van der Waals surface area contributed by atoms with Crippen LogP contribution in [0.2, 0.25) is 0 Å². The molecule has 0 saturated carbocycles. The summed E-state index contributed by atoms with van der Waals surface area (Å²) in [5.41, 5.74) is 6.90. The lowest BCUT2D eigenvalue weighted by Gasteiger charge is -2.23. The first-order valence-corrected chi connectivity index (χ1v) is 10.2. The maximum absolute atomic E-state index is 13.3. The third kappa shape index (κ3) is 5.08. The molecule has 0 saturated heterocycles. The van der Waals surface area contributed by atoms with E-state index in [0.29, 0.717) is 17.0 Å². The van der Waals surface area contributed by atoms with Gasteiger partial charge in [0.2, 0.25) is 0 Å². The topological polar surface area (TPSA) is 82.2 Å². The van der Waals surface area contributed by atoms with Crippen LogP contribution in [0.1, 0.15) is 23.2 Å². The fourth-order valence-corrected chi connectivity index (χ4v) is 3.90. The lowest BCUT2D eigenvalue weighted by Crippen LogP contribution is -2.43. The Hall–Kier alpha value is -2.98. The molecular weight excluding hydrogens is 441 g/mol. The predicted molar refractivity (Wildman–Crippen MR) is 119 cm³/mol. The molecule has 1 heterocycles. The number of nitrogens with zero attached hydrogens (tertiary/aromatic N) is 2. The Balaban J connectivity index is 1.83. The van der Waals surface area contributed by atoms with Crippen molar-refractivity contribution in [2.24, 2.45) is 12.8 Å². The number of carbonyl (C=O) groups is 1. The van der Waals surface area contributed by atoms with Gasteiger partial charge in [0.1, 0.15) is 5.76 Å². The van der Waals surface area contributed by atoms with Gasteiger partial charge in [0.25, 0.3) is 5.91 Å². The molecule has 0 fully saturated rings. The average molecular weight is 465 g/mol. The molecule has 0 radical (unpaired) electrons. The van der Waals surface area contributed by atoms with Crippen molar-refractivity contribution >= 4 is 28.6 Å². The molecule has 1 amide bonds. The zero-order chi connectivity index (χ0) is 23.5. The van der Waals surface area contributed by atoms with Gasteiger partial charge in [-0.3, -0.25) is 9.48 Å². The number of aryl methyl sites for hydroxylation is 1. The molecule has 0 aliphatic heterocycles. The maximum Gasteiger partial charge on any atom is 0.416 e. The number of amides is 1. The van der Waals surface area contributed by atoms with E-state index in [4.69, 9.17) is 22.7 Å². The molecule has 0 spiro atoms. The van der Waals surface area contributed by atoms with Gasteiger partial charge in [0.15, 0.2) is 0 Å². The fraction of sp³-hybridized carbons (Fsp3) is 0.318. The molecule has 0 bridgehead atoms. The first kappa shape index (κ1) is 23.7. The summed E-state index contributed by atoms with van der Waals surface area (Å²) in [6.45, 7) is -0.0365. The molecule has 1 aromatic carbocycles. The monoisotopic (exact) mass is 464 g/mol. The normalized spacial score (nSPS) is 15.4. The van der Waals surface area contributed by atoms with Gasteiger partial charge in [-0.25, -0.2) is 0 Å². The third-order valence-electron chi connectivity index (χ3n) is 5.21. The highest BCUT2D eigenvalue weighted by atomic mass is 32.1. The molecule has 1 aliphatic carbocycles. The number of carbonyl (C=O) groups excluding carboxylic acids is 1. The fourth-order valence-electron chi connectivity index (χ4n) is 3.60. The van der Waals surface area contributed by atoms with Crippen LogP contribution in [0.15, 0.2) is 53.9 Å². The second-order valence-electron chi connectivity index (χ2n) is 7.31. The van der Waals surface area contributed by atoms with E-state index in [-0.39, 0.29) is 24.1 Å². The Bertz CT molecular complexity index is 1090. The Morgan fingerprint density at radius 1 is 1.34 bits per heavy atom. The summed E-state index contributed by atoms with van der Waals surface area (Å²) in [6, 6.07) is 6.36. The van der Waals surface area contributed by atoms with Crippen LogP contribution in [-0.2, 0) is 29.2 Å². The van der Waals surface area contributed by atoms with E-state index in [9.17, 15) is 18.0 Å². The van der Waals surface area contributed by atoms with Crippen LogP contribution in [0.4, 0.5) is 13.2 Å². The molecule has 0 unspecified atom stereocenters. The highest BCUT2D eigenvalue weighted by molar-refractivity contribution is 7.81. The number of benzene rings is 1. The number of nitrogens with two attached hydrogens (primary N) is 1. The molecule has 1 aromatic heterocycles. The summed E-state index contributed by atoms with van der Waals surface area (Å²) in [7, 11) is 3.28. The van der Waals surface area contributed by atoms with Crippen molar-refractivity contribution in [3.8, 4) is 0 Å². The average Bonchev–Trinajstić information content (AvgIpc) is 3.18. The molecule has 6 nitrogen and oxygen atoms in total. The number of halogens is 3. The van der Waals surface area contributed by atoms with Crippen LogP contribution >= 0.6 is 12.2 Å². The second-order valence-corrected chi connectivity index (χ2v) is 7.80. The smallest absolute Gasteiger partial charge is 0.416 e. The van der Waals surface area contributed by atoms with Crippen molar-refractivity contribution < 1.29 is 22.7 Å². The number of rotatable bonds is 7. The molecule has 1 atom stereocenters. The van der Waals surface area contributed by atoms with Gasteiger partial charge >= 0.3 is 6.18 Å². The van der Waals surface area contributed by atoms with Gasteiger partial charge in [-0.2, -0.15) is 18.3 Å². The zero-order valence-electron chi connectivity index (χ0n) is 17.6. The largest absolute Gasteiger partial charge is 0.496 e. The lowest BCUT2D eigenvalue weighted by molar-refractivity contribution is -0.138. The van der Waals surface area contributed by atoms with Crippen LogP contribution < -0.4 is 11.1 Å². The molecule has 3 rings (SSSR count). The highest BCUT2D eigenvalue weighted by Crippen LogP contribution is 2.33. The second kappa shape index (κ2) is 9.66. The van der Waals surface area contributed by atoms with E-state index in [1.807, 2.05) is 6.07 Å². The molecule has 3 N–H and O–H groups in total. The molecule has 32 heavy (non-hydrogen) atoms. The van der Waals surface area contributed by atoms with E-state index in [1.165, 1.54) is 25.3 Å². The molecule has 2 aromatic rings. The van der Waals surface area contributed by atoms with Crippen LogP contribution in [0, 0.1) is 0 Å².